The van der Waals surface area contributed by atoms with Gasteiger partial charge in [-0.3, -0.25) is 0 Å². The average molecular weight is 345 g/mol. The number of hydrogen-bond acceptors (Lipinski definition) is 5. The summed E-state index contributed by atoms with van der Waals surface area (Å²) in [5.41, 5.74) is 1.81. The van der Waals surface area contributed by atoms with Crippen molar-refractivity contribution in [2.75, 3.05) is 33.2 Å². The van der Waals surface area contributed by atoms with E-state index in [0.29, 0.717) is 5.02 Å². The van der Waals surface area contributed by atoms with Gasteiger partial charge in [0, 0.05) is 31.2 Å². The van der Waals surface area contributed by atoms with Crippen LogP contribution in [0.15, 0.2) is 47.5 Å². The molecule has 0 saturated carbocycles. The van der Waals surface area contributed by atoms with Gasteiger partial charge in [-0.25, -0.2) is 4.99 Å². The van der Waals surface area contributed by atoms with Crippen molar-refractivity contribution in [2.24, 2.45) is 4.99 Å². The van der Waals surface area contributed by atoms with Crippen LogP contribution in [0.2, 0.25) is 5.02 Å². The van der Waals surface area contributed by atoms with Crippen LogP contribution < -0.4 is 10.9 Å². The Morgan fingerprint density at radius 1 is 1.00 bits per heavy atom. The summed E-state index contributed by atoms with van der Waals surface area (Å²) < 4.78 is 6.09. The Labute approximate surface area is 147 Å². The van der Waals surface area contributed by atoms with Gasteiger partial charge in [-0.15, -0.1) is 0 Å². The average Bonchev–Trinajstić information content (AvgIpc) is 2.72. The van der Waals surface area contributed by atoms with E-state index in [0.717, 1.165) is 54.8 Å². The minimum atomic E-state index is 0. The van der Waals surface area contributed by atoms with Crippen LogP contribution in [0.3, 0.4) is 0 Å². The number of hydrogen-bond donors (Lipinski definition) is 1. The van der Waals surface area contributed by atoms with Crippen LogP contribution >= 0.6 is 11.6 Å². The molecule has 2 aliphatic rings. The zero-order chi connectivity index (χ0) is 15.8. The number of amidine groups is 1. The van der Waals surface area contributed by atoms with Crippen molar-refractivity contribution in [3.63, 3.8) is 0 Å². The molecule has 0 spiro atoms. The number of ether oxygens (including phenoxy) is 1. The Bertz CT molecular complexity index is 769. The Balaban J connectivity index is 0.00000169. The molecule has 1 saturated heterocycles. The molecular formula is C18H21ClN4O. The van der Waals surface area contributed by atoms with E-state index in [-0.39, 0.29) is 6.15 Å². The molecule has 2 heterocycles. The SMILES string of the molecule is CN1CCN(C2=Nc3ccccc3Oc3ccc(Cl)cc32)CC1.N. The maximum atomic E-state index is 6.23. The first-order valence-electron chi connectivity index (χ1n) is 7.80. The fraction of sp³-hybridized carbons (Fsp3) is 0.278. The van der Waals surface area contributed by atoms with Crippen LogP contribution in [0.1, 0.15) is 5.56 Å². The molecule has 0 bridgehead atoms. The van der Waals surface area contributed by atoms with E-state index in [4.69, 9.17) is 21.3 Å². The minimum Gasteiger partial charge on any atom is -0.454 e. The third-order valence-electron chi connectivity index (χ3n) is 4.30. The van der Waals surface area contributed by atoms with Gasteiger partial charge in [0.2, 0.25) is 0 Å². The number of piperazine rings is 1. The Hall–Kier alpha value is -2.08. The number of likely N-dealkylation sites (N-methyl/N-ethyl adjacent to an activating group) is 1. The molecule has 0 aliphatic carbocycles. The van der Waals surface area contributed by atoms with Gasteiger partial charge in [0.1, 0.15) is 17.3 Å². The highest BCUT2D eigenvalue weighted by molar-refractivity contribution is 6.31. The highest BCUT2D eigenvalue weighted by Gasteiger charge is 2.25. The van der Waals surface area contributed by atoms with Crippen LogP contribution in [0.5, 0.6) is 11.5 Å². The lowest BCUT2D eigenvalue weighted by Crippen LogP contribution is -2.47. The van der Waals surface area contributed by atoms with Crippen molar-refractivity contribution in [2.45, 2.75) is 0 Å². The first-order chi connectivity index (χ1) is 11.2. The molecule has 4 rings (SSSR count). The second-order valence-corrected chi connectivity index (χ2v) is 6.37. The summed E-state index contributed by atoms with van der Waals surface area (Å²) >= 11 is 6.23. The maximum absolute atomic E-state index is 6.23. The van der Waals surface area contributed by atoms with Gasteiger partial charge in [-0.05, 0) is 37.4 Å². The molecule has 2 aromatic rings. The molecule has 0 unspecified atom stereocenters. The Kier molecular flexibility index (Phi) is 4.76. The topological polar surface area (TPSA) is 63.1 Å². The zero-order valence-corrected chi connectivity index (χ0v) is 14.5. The molecule has 2 aromatic carbocycles. The number of nitrogens with zero attached hydrogens (tertiary/aromatic N) is 3. The van der Waals surface area contributed by atoms with E-state index in [2.05, 4.69) is 16.8 Å². The van der Waals surface area contributed by atoms with Crippen LogP contribution in [0, 0.1) is 0 Å². The lowest BCUT2D eigenvalue weighted by molar-refractivity contribution is 0.215. The van der Waals surface area contributed by atoms with Gasteiger partial charge in [0.05, 0.1) is 5.56 Å². The number of benzene rings is 2. The van der Waals surface area contributed by atoms with Crippen molar-refractivity contribution in [3.05, 3.63) is 53.1 Å². The molecule has 5 nitrogen and oxygen atoms in total. The van der Waals surface area contributed by atoms with Crippen molar-refractivity contribution in [1.82, 2.24) is 16.0 Å². The highest BCUT2D eigenvalue weighted by Crippen LogP contribution is 2.38. The summed E-state index contributed by atoms with van der Waals surface area (Å²) in [6.45, 7) is 3.95. The van der Waals surface area contributed by atoms with Gasteiger partial charge in [-0.2, -0.15) is 0 Å². The number of para-hydroxylation sites is 2. The zero-order valence-electron chi connectivity index (χ0n) is 13.7. The van der Waals surface area contributed by atoms with Gasteiger partial charge >= 0.3 is 0 Å². The molecule has 6 heteroatoms. The molecule has 0 amide bonds. The maximum Gasteiger partial charge on any atom is 0.153 e. The fourth-order valence-electron chi connectivity index (χ4n) is 2.95. The predicted octanol–water partition coefficient (Wildman–Crippen LogP) is 3.93. The van der Waals surface area contributed by atoms with Crippen LogP contribution in [-0.4, -0.2) is 48.9 Å². The summed E-state index contributed by atoms with van der Waals surface area (Å²) in [7, 11) is 2.15. The van der Waals surface area contributed by atoms with Crippen LogP contribution in [0.25, 0.3) is 0 Å². The Morgan fingerprint density at radius 3 is 2.54 bits per heavy atom. The van der Waals surface area contributed by atoms with E-state index in [1.807, 2.05) is 42.5 Å². The molecule has 2 aliphatic heterocycles. The van der Waals surface area contributed by atoms with Crippen LogP contribution in [-0.2, 0) is 0 Å². The quantitative estimate of drug-likeness (QED) is 0.786. The molecule has 1 fully saturated rings. The van der Waals surface area contributed by atoms with Gasteiger partial charge < -0.3 is 20.7 Å². The number of fused-ring (bicyclic) bond motifs is 2. The molecule has 0 aromatic heterocycles. The van der Waals surface area contributed by atoms with E-state index in [9.17, 15) is 0 Å². The second-order valence-electron chi connectivity index (χ2n) is 5.94. The number of rotatable bonds is 0. The smallest absolute Gasteiger partial charge is 0.153 e. The predicted molar refractivity (Wildman–Crippen MR) is 98.3 cm³/mol. The molecule has 3 N–H and O–H groups in total. The molecule has 24 heavy (non-hydrogen) atoms. The van der Waals surface area contributed by atoms with E-state index < -0.39 is 0 Å². The van der Waals surface area contributed by atoms with Gasteiger partial charge in [-0.1, -0.05) is 23.7 Å². The second kappa shape index (κ2) is 6.81. The highest BCUT2D eigenvalue weighted by atomic mass is 35.5. The Morgan fingerprint density at radius 2 is 1.75 bits per heavy atom. The van der Waals surface area contributed by atoms with Crippen molar-refractivity contribution in [3.8, 4) is 11.5 Å². The van der Waals surface area contributed by atoms with E-state index in [1.165, 1.54) is 0 Å². The monoisotopic (exact) mass is 344 g/mol. The molecule has 126 valence electrons. The van der Waals surface area contributed by atoms with E-state index in [1.54, 1.807) is 0 Å². The lowest BCUT2D eigenvalue weighted by atomic mass is 10.1. The lowest BCUT2D eigenvalue weighted by Gasteiger charge is -2.34. The molecular weight excluding hydrogens is 324 g/mol. The first kappa shape index (κ1) is 16.8. The first-order valence-corrected chi connectivity index (χ1v) is 8.17. The number of aliphatic imine (C=N–C) groups is 1. The van der Waals surface area contributed by atoms with E-state index >= 15 is 0 Å². The summed E-state index contributed by atoms with van der Waals surface area (Å²) in [5, 5.41) is 0.695. The molecule has 0 atom stereocenters. The van der Waals surface area contributed by atoms with Gasteiger partial charge in [0.25, 0.3) is 0 Å². The normalized spacial score (nSPS) is 16.9. The third-order valence-corrected chi connectivity index (χ3v) is 4.53. The van der Waals surface area contributed by atoms with Crippen LogP contribution in [0.4, 0.5) is 5.69 Å². The summed E-state index contributed by atoms with van der Waals surface area (Å²) in [6, 6.07) is 13.6. The molecule has 0 radical (unpaired) electrons. The van der Waals surface area contributed by atoms with Gasteiger partial charge in [0.15, 0.2) is 5.75 Å². The summed E-state index contributed by atoms with van der Waals surface area (Å²) in [6.07, 6.45) is 0. The van der Waals surface area contributed by atoms with Crippen molar-refractivity contribution in [1.29, 1.82) is 0 Å². The van der Waals surface area contributed by atoms with Crippen molar-refractivity contribution < 1.29 is 4.74 Å². The standard InChI is InChI=1S/C18H18ClN3O.H3N/c1-21-8-10-22(11-9-21)18-14-12-13(19)6-7-16(14)23-17-5-3-2-4-15(17)20-18;/h2-7,12H,8-11H2,1H3;1H3. The third kappa shape index (κ3) is 3.11. The summed E-state index contributed by atoms with van der Waals surface area (Å²) in [5.74, 6) is 2.53. The summed E-state index contributed by atoms with van der Waals surface area (Å²) in [4.78, 5) is 9.56. The fourth-order valence-corrected chi connectivity index (χ4v) is 3.13. The minimum absolute atomic E-state index is 0. The largest absolute Gasteiger partial charge is 0.454 e. The number of halogens is 1. The van der Waals surface area contributed by atoms with Crippen molar-refractivity contribution >= 4 is 23.1 Å².